The second kappa shape index (κ2) is 10.2. The van der Waals surface area contributed by atoms with Crippen molar-refractivity contribution < 1.29 is 5.11 Å². The Labute approximate surface area is 142 Å². The van der Waals surface area contributed by atoms with Crippen molar-refractivity contribution in [2.45, 2.75) is 26.4 Å². The van der Waals surface area contributed by atoms with Gasteiger partial charge in [0.1, 0.15) is 0 Å². The van der Waals surface area contributed by atoms with Crippen LogP contribution < -0.4 is 11.1 Å². The maximum Gasteiger partial charge on any atom is 0.188 e. The highest BCUT2D eigenvalue weighted by atomic mass is 127. The molecule has 0 fully saturated rings. The average Bonchev–Trinajstić information content (AvgIpc) is 2.36. The number of guanidine groups is 1. The molecule has 0 heterocycles. The van der Waals surface area contributed by atoms with Crippen LogP contribution in [0.15, 0.2) is 29.3 Å². The minimum absolute atomic E-state index is 0. The van der Waals surface area contributed by atoms with Gasteiger partial charge in [-0.3, -0.25) is 4.99 Å². The number of halogens is 2. The summed E-state index contributed by atoms with van der Waals surface area (Å²) in [5.41, 5.74) is 6.50. The number of hydrogen-bond acceptors (Lipinski definition) is 2. The molecule has 1 aromatic rings. The molecule has 0 aliphatic carbocycles. The normalized spacial score (nSPS) is 12.9. The van der Waals surface area contributed by atoms with Crippen LogP contribution in [0, 0.1) is 5.92 Å². The molecular weight excluding hydrogens is 389 g/mol. The fraction of sp³-hybridized carbons (Fsp3) is 0.500. The minimum atomic E-state index is -0.664. The lowest BCUT2D eigenvalue weighted by molar-refractivity contribution is 0.187. The fourth-order valence-electron chi connectivity index (χ4n) is 1.52. The smallest absolute Gasteiger partial charge is 0.188 e. The number of hydrogen-bond donors (Lipinski definition) is 3. The largest absolute Gasteiger partial charge is 0.386 e. The summed E-state index contributed by atoms with van der Waals surface area (Å²) < 4.78 is 0. The number of nitrogens with zero attached hydrogens (tertiary/aromatic N) is 1. The van der Waals surface area contributed by atoms with E-state index in [4.69, 9.17) is 17.3 Å². The van der Waals surface area contributed by atoms with Crippen LogP contribution in [0.2, 0.25) is 5.02 Å². The van der Waals surface area contributed by atoms with Crippen LogP contribution in [0.1, 0.15) is 31.9 Å². The first kappa shape index (κ1) is 19.5. The van der Waals surface area contributed by atoms with Gasteiger partial charge in [-0.25, -0.2) is 0 Å². The quantitative estimate of drug-likeness (QED) is 0.383. The Morgan fingerprint density at radius 3 is 2.50 bits per heavy atom. The maximum absolute atomic E-state index is 9.94. The molecule has 1 unspecified atom stereocenters. The molecule has 1 atom stereocenters. The third kappa shape index (κ3) is 7.91. The van der Waals surface area contributed by atoms with E-state index in [1.807, 2.05) is 0 Å². The summed E-state index contributed by atoms with van der Waals surface area (Å²) in [7, 11) is 0. The Kier molecular flexibility index (Phi) is 9.96. The van der Waals surface area contributed by atoms with Crippen molar-refractivity contribution in [1.29, 1.82) is 0 Å². The van der Waals surface area contributed by atoms with Crippen molar-refractivity contribution in [3.63, 3.8) is 0 Å². The van der Waals surface area contributed by atoms with Crippen LogP contribution >= 0.6 is 35.6 Å². The molecule has 0 aliphatic heterocycles. The van der Waals surface area contributed by atoms with Crippen LogP contribution in [-0.2, 0) is 0 Å². The zero-order chi connectivity index (χ0) is 14.3. The summed E-state index contributed by atoms with van der Waals surface area (Å²) in [6.07, 6.45) is 0.374. The van der Waals surface area contributed by atoms with E-state index in [9.17, 15) is 5.11 Å². The molecule has 0 saturated heterocycles. The van der Waals surface area contributed by atoms with Crippen molar-refractivity contribution in [2.24, 2.45) is 16.6 Å². The molecule has 1 rings (SSSR count). The second-order valence-corrected chi connectivity index (χ2v) is 5.34. The van der Waals surface area contributed by atoms with Crippen LogP contribution in [0.25, 0.3) is 0 Å². The molecule has 114 valence electrons. The van der Waals surface area contributed by atoms with Crippen LogP contribution in [0.5, 0.6) is 0 Å². The van der Waals surface area contributed by atoms with E-state index >= 15 is 0 Å². The molecule has 1 aromatic carbocycles. The Morgan fingerprint density at radius 2 is 1.95 bits per heavy atom. The Bertz CT molecular complexity index is 409. The first-order valence-electron chi connectivity index (χ1n) is 6.46. The topological polar surface area (TPSA) is 70.6 Å². The van der Waals surface area contributed by atoms with E-state index in [1.165, 1.54) is 0 Å². The summed E-state index contributed by atoms with van der Waals surface area (Å²) in [4.78, 5) is 4.12. The molecule has 0 aliphatic rings. The molecule has 0 spiro atoms. The Hall–Kier alpha value is -0.530. The molecule has 0 amide bonds. The molecule has 6 heteroatoms. The zero-order valence-corrected chi connectivity index (χ0v) is 14.9. The van der Waals surface area contributed by atoms with Crippen molar-refractivity contribution >= 4 is 41.5 Å². The van der Waals surface area contributed by atoms with E-state index in [0.29, 0.717) is 16.9 Å². The standard InChI is InChI=1S/C14H22ClN3O.HI/c1-10(2)7-8-17-14(16)18-9-13(19)11-3-5-12(15)6-4-11;/h3-6,10,13,19H,7-9H2,1-2H3,(H3,16,17,18);1H. The SMILES string of the molecule is CC(C)CCNC(N)=NCC(O)c1ccc(Cl)cc1.I. The maximum atomic E-state index is 9.94. The van der Waals surface area contributed by atoms with Gasteiger partial charge in [0.05, 0.1) is 12.6 Å². The van der Waals surface area contributed by atoms with Gasteiger partial charge in [0.25, 0.3) is 0 Å². The number of rotatable bonds is 6. The van der Waals surface area contributed by atoms with Gasteiger partial charge in [-0.05, 0) is 30.0 Å². The predicted molar refractivity (Wildman–Crippen MR) is 95.8 cm³/mol. The van der Waals surface area contributed by atoms with Gasteiger partial charge in [-0.1, -0.05) is 37.6 Å². The molecular formula is C14H23ClIN3O. The van der Waals surface area contributed by atoms with Crippen LogP contribution in [-0.4, -0.2) is 24.2 Å². The Balaban J connectivity index is 0.00000361. The van der Waals surface area contributed by atoms with E-state index in [-0.39, 0.29) is 30.5 Å². The molecule has 0 saturated carbocycles. The van der Waals surface area contributed by atoms with Crippen LogP contribution in [0.4, 0.5) is 0 Å². The highest BCUT2D eigenvalue weighted by Crippen LogP contribution is 2.16. The van der Waals surface area contributed by atoms with Gasteiger partial charge in [0.2, 0.25) is 0 Å². The number of aliphatic hydroxyl groups excluding tert-OH is 1. The lowest BCUT2D eigenvalue weighted by atomic mass is 10.1. The first-order chi connectivity index (χ1) is 8.99. The average molecular weight is 412 g/mol. The van der Waals surface area contributed by atoms with Gasteiger partial charge in [0, 0.05) is 11.6 Å². The second-order valence-electron chi connectivity index (χ2n) is 4.90. The number of nitrogens with two attached hydrogens (primary N) is 1. The molecule has 0 radical (unpaired) electrons. The predicted octanol–water partition coefficient (Wildman–Crippen LogP) is 2.94. The van der Waals surface area contributed by atoms with Crippen molar-refractivity contribution in [3.8, 4) is 0 Å². The van der Waals surface area contributed by atoms with Gasteiger partial charge in [-0.15, -0.1) is 24.0 Å². The molecule has 20 heavy (non-hydrogen) atoms. The minimum Gasteiger partial charge on any atom is -0.386 e. The third-order valence-corrected chi connectivity index (χ3v) is 2.97. The van der Waals surface area contributed by atoms with Crippen LogP contribution in [0.3, 0.4) is 0 Å². The summed E-state index contributed by atoms with van der Waals surface area (Å²) in [5.74, 6) is 0.994. The Morgan fingerprint density at radius 1 is 1.35 bits per heavy atom. The molecule has 4 N–H and O–H groups in total. The van der Waals surface area contributed by atoms with Crippen molar-refractivity contribution in [3.05, 3.63) is 34.9 Å². The van der Waals surface area contributed by atoms with E-state index < -0.39 is 6.10 Å². The lowest BCUT2D eigenvalue weighted by Crippen LogP contribution is -2.33. The highest BCUT2D eigenvalue weighted by Gasteiger charge is 2.06. The van der Waals surface area contributed by atoms with Crippen molar-refractivity contribution in [2.75, 3.05) is 13.1 Å². The molecule has 0 aromatic heterocycles. The van der Waals surface area contributed by atoms with Gasteiger partial charge >= 0.3 is 0 Å². The first-order valence-corrected chi connectivity index (χ1v) is 6.84. The van der Waals surface area contributed by atoms with Gasteiger partial charge < -0.3 is 16.2 Å². The molecule has 4 nitrogen and oxygen atoms in total. The van der Waals surface area contributed by atoms with E-state index in [2.05, 4.69) is 24.2 Å². The number of aliphatic imine (C=N–C) groups is 1. The fourth-order valence-corrected chi connectivity index (χ4v) is 1.65. The monoisotopic (exact) mass is 411 g/mol. The van der Waals surface area contributed by atoms with E-state index in [1.54, 1.807) is 24.3 Å². The summed E-state index contributed by atoms with van der Waals surface area (Å²) in [5, 5.41) is 13.6. The number of nitrogens with one attached hydrogen (secondary N) is 1. The number of benzene rings is 1. The lowest BCUT2D eigenvalue weighted by Gasteiger charge is -2.10. The van der Waals surface area contributed by atoms with Gasteiger partial charge in [0.15, 0.2) is 5.96 Å². The van der Waals surface area contributed by atoms with Gasteiger partial charge in [-0.2, -0.15) is 0 Å². The summed E-state index contributed by atoms with van der Waals surface area (Å²) in [6, 6.07) is 7.05. The summed E-state index contributed by atoms with van der Waals surface area (Å²) in [6.45, 7) is 5.34. The van der Waals surface area contributed by atoms with E-state index in [0.717, 1.165) is 18.5 Å². The summed E-state index contributed by atoms with van der Waals surface area (Å²) >= 11 is 5.79. The zero-order valence-electron chi connectivity index (χ0n) is 11.8. The number of aliphatic hydroxyl groups is 1. The highest BCUT2D eigenvalue weighted by molar-refractivity contribution is 14.0. The van der Waals surface area contributed by atoms with Crippen molar-refractivity contribution in [1.82, 2.24) is 5.32 Å². The molecule has 0 bridgehead atoms. The third-order valence-electron chi connectivity index (χ3n) is 2.72.